The van der Waals surface area contributed by atoms with Gasteiger partial charge in [-0.25, -0.2) is 4.98 Å². The maximum Gasteiger partial charge on any atom is 0.227 e. The van der Waals surface area contributed by atoms with Crippen LogP contribution in [0.25, 0.3) is 0 Å². The summed E-state index contributed by atoms with van der Waals surface area (Å²) in [4.78, 5) is 14.0. The Hall–Kier alpha value is -2.88. The van der Waals surface area contributed by atoms with Crippen LogP contribution in [0.5, 0.6) is 0 Å². The van der Waals surface area contributed by atoms with E-state index in [-0.39, 0.29) is 0 Å². The van der Waals surface area contributed by atoms with Gasteiger partial charge in [0, 0.05) is 37.9 Å². The standard InChI is InChI=1S/C23H28N4/c1-18(2)27(17-21-13-9-6-10-14-21)22-15-19(3)24-23(25-22)26(4)16-20-11-7-5-8-12-20/h5-15,18H,16-17H2,1-4H3. The van der Waals surface area contributed by atoms with Gasteiger partial charge in [0.05, 0.1) is 0 Å². The molecule has 2 aromatic carbocycles. The highest BCUT2D eigenvalue weighted by Gasteiger charge is 2.16. The first-order valence-corrected chi connectivity index (χ1v) is 9.44. The molecule has 4 nitrogen and oxygen atoms in total. The molecule has 0 radical (unpaired) electrons. The Balaban J connectivity index is 1.86. The van der Waals surface area contributed by atoms with Crippen LogP contribution in [0.3, 0.4) is 0 Å². The first kappa shape index (κ1) is 18.9. The van der Waals surface area contributed by atoms with Gasteiger partial charge in [-0.05, 0) is 31.9 Å². The summed E-state index contributed by atoms with van der Waals surface area (Å²) in [5.41, 5.74) is 3.51. The van der Waals surface area contributed by atoms with Crippen molar-refractivity contribution in [3.8, 4) is 0 Å². The van der Waals surface area contributed by atoms with Gasteiger partial charge in [-0.3, -0.25) is 0 Å². The Morgan fingerprint density at radius 3 is 1.93 bits per heavy atom. The van der Waals surface area contributed by atoms with Gasteiger partial charge in [-0.1, -0.05) is 60.7 Å². The molecular weight excluding hydrogens is 332 g/mol. The van der Waals surface area contributed by atoms with E-state index in [1.165, 1.54) is 11.1 Å². The fourth-order valence-electron chi connectivity index (χ4n) is 3.09. The lowest BCUT2D eigenvalue weighted by Crippen LogP contribution is -2.32. The van der Waals surface area contributed by atoms with Crippen molar-refractivity contribution in [1.29, 1.82) is 0 Å². The van der Waals surface area contributed by atoms with Gasteiger partial charge >= 0.3 is 0 Å². The molecule has 3 rings (SSSR count). The summed E-state index contributed by atoms with van der Waals surface area (Å²) >= 11 is 0. The second-order valence-corrected chi connectivity index (χ2v) is 7.22. The van der Waals surface area contributed by atoms with Crippen LogP contribution in [0, 0.1) is 6.92 Å². The number of aromatic nitrogens is 2. The van der Waals surface area contributed by atoms with Crippen molar-refractivity contribution < 1.29 is 0 Å². The van der Waals surface area contributed by atoms with E-state index < -0.39 is 0 Å². The van der Waals surface area contributed by atoms with E-state index >= 15 is 0 Å². The highest BCUT2D eigenvalue weighted by molar-refractivity contribution is 5.47. The summed E-state index contributed by atoms with van der Waals surface area (Å²) in [5, 5.41) is 0. The maximum absolute atomic E-state index is 4.89. The number of nitrogens with zero attached hydrogens (tertiary/aromatic N) is 4. The molecule has 140 valence electrons. The van der Waals surface area contributed by atoms with Crippen molar-refractivity contribution in [1.82, 2.24) is 9.97 Å². The van der Waals surface area contributed by atoms with Crippen LogP contribution in [0.1, 0.15) is 30.7 Å². The summed E-state index contributed by atoms with van der Waals surface area (Å²) in [6, 6.07) is 23.4. The lowest BCUT2D eigenvalue weighted by molar-refractivity contribution is 0.669. The van der Waals surface area contributed by atoms with Gasteiger partial charge < -0.3 is 9.80 Å². The van der Waals surface area contributed by atoms with Crippen LogP contribution < -0.4 is 9.80 Å². The second-order valence-electron chi connectivity index (χ2n) is 7.22. The smallest absolute Gasteiger partial charge is 0.227 e. The molecule has 0 saturated carbocycles. The van der Waals surface area contributed by atoms with Gasteiger partial charge in [0.25, 0.3) is 0 Å². The summed E-state index contributed by atoms with van der Waals surface area (Å²) in [5.74, 6) is 1.73. The second kappa shape index (κ2) is 8.67. The molecule has 4 heteroatoms. The SMILES string of the molecule is Cc1cc(N(Cc2ccccc2)C(C)C)nc(N(C)Cc2ccccc2)n1. The molecule has 0 amide bonds. The summed E-state index contributed by atoms with van der Waals surface area (Å²) in [6.45, 7) is 8.05. The molecule has 27 heavy (non-hydrogen) atoms. The maximum atomic E-state index is 4.89. The van der Waals surface area contributed by atoms with E-state index in [4.69, 9.17) is 4.98 Å². The number of anilines is 2. The van der Waals surface area contributed by atoms with Gasteiger partial charge in [-0.15, -0.1) is 0 Å². The van der Waals surface area contributed by atoms with Crippen LogP contribution in [0.4, 0.5) is 11.8 Å². The zero-order chi connectivity index (χ0) is 19.2. The quantitative estimate of drug-likeness (QED) is 0.604. The van der Waals surface area contributed by atoms with E-state index in [0.29, 0.717) is 6.04 Å². The minimum absolute atomic E-state index is 0.340. The molecule has 0 spiro atoms. The molecule has 0 bridgehead atoms. The molecule has 1 aromatic heterocycles. The third kappa shape index (κ3) is 5.07. The first-order chi connectivity index (χ1) is 13.0. The van der Waals surface area contributed by atoms with Crippen LogP contribution in [0.2, 0.25) is 0 Å². The largest absolute Gasteiger partial charge is 0.350 e. The minimum Gasteiger partial charge on any atom is -0.350 e. The zero-order valence-corrected chi connectivity index (χ0v) is 16.6. The lowest BCUT2D eigenvalue weighted by Gasteiger charge is -2.29. The van der Waals surface area contributed by atoms with Gasteiger partial charge in [0.15, 0.2) is 0 Å². The van der Waals surface area contributed by atoms with E-state index in [1.807, 2.05) is 20.0 Å². The van der Waals surface area contributed by atoms with Crippen molar-refractivity contribution in [3.05, 3.63) is 83.6 Å². The summed E-state index contributed by atoms with van der Waals surface area (Å²) in [6.07, 6.45) is 0. The van der Waals surface area contributed by atoms with E-state index in [1.54, 1.807) is 0 Å². The monoisotopic (exact) mass is 360 g/mol. The Bertz CT molecular complexity index is 847. The minimum atomic E-state index is 0.340. The van der Waals surface area contributed by atoms with Crippen LogP contribution in [-0.2, 0) is 13.1 Å². The first-order valence-electron chi connectivity index (χ1n) is 9.44. The Morgan fingerprint density at radius 1 is 0.815 bits per heavy atom. The molecule has 0 saturated heterocycles. The van der Waals surface area contributed by atoms with Crippen molar-refractivity contribution in [2.24, 2.45) is 0 Å². The number of rotatable bonds is 7. The Morgan fingerprint density at radius 2 is 1.37 bits per heavy atom. The summed E-state index contributed by atoms with van der Waals surface area (Å²) in [7, 11) is 2.04. The molecular formula is C23H28N4. The fourth-order valence-corrected chi connectivity index (χ4v) is 3.09. The Kier molecular flexibility index (Phi) is 6.07. The van der Waals surface area contributed by atoms with Crippen LogP contribution in [-0.4, -0.2) is 23.1 Å². The number of benzene rings is 2. The molecule has 0 atom stereocenters. The van der Waals surface area contributed by atoms with Crippen molar-refractivity contribution in [3.63, 3.8) is 0 Å². The van der Waals surface area contributed by atoms with Gasteiger partial charge in [-0.2, -0.15) is 4.98 Å². The molecule has 0 aliphatic rings. The molecule has 0 unspecified atom stereocenters. The zero-order valence-electron chi connectivity index (χ0n) is 16.6. The van der Waals surface area contributed by atoms with Crippen LogP contribution in [0.15, 0.2) is 66.7 Å². The summed E-state index contributed by atoms with van der Waals surface area (Å²) < 4.78 is 0. The average Bonchev–Trinajstić information content (AvgIpc) is 2.67. The van der Waals surface area contributed by atoms with E-state index in [0.717, 1.165) is 30.5 Å². The molecule has 1 heterocycles. The van der Waals surface area contributed by atoms with Crippen molar-refractivity contribution in [2.75, 3.05) is 16.8 Å². The fraction of sp³-hybridized carbons (Fsp3) is 0.304. The number of aryl methyl sites for hydroxylation is 1. The number of hydrogen-bond acceptors (Lipinski definition) is 4. The van der Waals surface area contributed by atoms with Gasteiger partial charge in [0.2, 0.25) is 5.95 Å². The molecule has 3 aromatic rings. The normalized spacial score (nSPS) is 10.9. The van der Waals surface area contributed by atoms with Crippen molar-refractivity contribution >= 4 is 11.8 Å². The van der Waals surface area contributed by atoms with E-state index in [9.17, 15) is 0 Å². The molecule has 0 fully saturated rings. The molecule has 0 aliphatic heterocycles. The average molecular weight is 361 g/mol. The Labute approximate surface area is 162 Å². The topological polar surface area (TPSA) is 32.3 Å². The highest BCUT2D eigenvalue weighted by atomic mass is 15.3. The highest BCUT2D eigenvalue weighted by Crippen LogP contribution is 2.22. The van der Waals surface area contributed by atoms with Crippen molar-refractivity contribution in [2.45, 2.75) is 39.9 Å². The molecule has 0 N–H and O–H groups in total. The predicted octanol–water partition coefficient (Wildman–Crippen LogP) is 4.84. The number of hydrogen-bond donors (Lipinski definition) is 0. The molecule has 0 aliphatic carbocycles. The van der Waals surface area contributed by atoms with Crippen LogP contribution >= 0.6 is 0 Å². The third-order valence-electron chi connectivity index (χ3n) is 4.55. The van der Waals surface area contributed by atoms with Gasteiger partial charge in [0.1, 0.15) is 5.82 Å². The lowest BCUT2D eigenvalue weighted by atomic mass is 10.2. The third-order valence-corrected chi connectivity index (χ3v) is 4.55. The predicted molar refractivity (Wildman–Crippen MR) is 113 cm³/mol. The van der Waals surface area contributed by atoms with E-state index in [2.05, 4.69) is 89.3 Å².